The molecular formula is C14H14N4O. The maximum absolute atomic E-state index is 5.92. The number of fused-ring (bicyclic) bond motifs is 1. The number of ether oxygens (including phenoxy) is 1. The number of benzene rings is 1. The third-order valence-electron chi connectivity index (χ3n) is 2.88. The van der Waals surface area contributed by atoms with Gasteiger partial charge in [-0.3, -0.25) is 4.40 Å². The fraction of sp³-hybridized carbons (Fsp3) is 0.143. The smallest absolute Gasteiger partial charge is 0.177 e. The molecule has 2 aromatic heterocycles. The lowest BCUT2D eigenvalue weighted by Crippen LogP contribution is -2.05. The SMILES string of the molecule is Cc1cccc(OCc2nnc3cccc(N)n23)c1. The van der Waals surface area contributed by atoms with Gasteiger partial charge in [-0.25, -0.2) is 0 Å². The molecule has 0 aliphatic heterocycles. The van der Waals surface area contributed by atoms with Crippen LogP contribution >= 0.6 is 0 Å². The largest absolute Gasteiger partial charge is 0.486 e. The summed E-state index contributed by atoms with van der Waals surface area (Å²) in [5.41, 5.74) is 7.80. The number of pyridine rings is 1. The summed E-state index contributed by atoms with van der Waals surface area (Å²) in [6.07, 6.45) is 0. The molecule has 1 aromatic carbocycles. The zero-order valence-electron chi connectivity index (χ0n) is 10.6. The minimum atomic E-state index is 0.332. The van der Waals surface area contributed by atoms with E-state index in [9.17, 15) is 0 Å². The lowest BCUT2D eigenvalue weighted by molar-refractivity contribution is 0.294. The molecule has 5 nitrogen and oxygen atoms in total. The van der Waals surface area contributed by atoms with Gasteiger partial charge in [0, 0.05) is 0 Å². The van der Waals surface area contributed by atoms with Crippen LogP contribution in [0.4, 0.5) is 5.82 Å². The average Bonchev–Trinajstić information content (AvgIpc) is 2.81. The Morgan fingerprint density at radius 3 is 2.84 bits per heavy atom. The van der Waals surface area contributed by atoms with Gasteiger partial charge >= 0.3 is 0 Å². The quantitative estimate of drug-likeness (QED) is 0.778. The van der Waals surface area contributed by atoms with Crippen LogP contribution in [0.2, 0.25) is 0 Å². The summed E-state index contributed by atoms with van der Waals surface area (Å²) in [6, 6.07) is 13.4. The van der Waals surface area contributed by atoms with Crippen LogP contribution in [0, 0.1) is 6.92 Å². The van der Waals surface area contributed by atoms with Gasteiger partial charge in [-0.05, 0) is 36.8 Å². The van der Waals surface area contributed by atoms with Crippen molar-refractivity contribution in [2.45, 2.75) is 13.5 Å². The molecule has 0 fully saturated rings. The topological polar surface area (TPSA) is 65.4 Å². The van der Waals surface area contributed by atoms with Gasteiger partial charge in [0.15, 0.2) is 11.5 Å². The molecule has 96 valence electrons. The summed E-state index contributed by atoms with van der Waals surface area (Å²) in [5, 5.41) is 8.16. The van der Waals surface area contributed by atoms with E-state index >= 15 is 0 Å². The highest BCUT2D eigenvalue weighted by Crippen LogP contribution is 2.15. The molecular weight excluding hydrogens is 240 g/mol. The van der Waals surface area contributed by atoms with Gasteiger partial charge in [0.1, 0.15) is 18.2 Å². The van der Waals surface area contributed by atoms with Crippen LogP contribution in [0.25, 0.3) is 5.65 Å². The van der Waals surface area contributed by atoms with E-state index < -0.39 is 0 Å². The Kier molecular flexibility index (Phi) is 2.79. The number of hydrogen-bond acceptors (Lipinski definition) is 4. The first-order chi connectivity index (χ1) is 9.24. The zero-order valence-corrected chi connectivity index (χ0v) is 10.6. The number of aryl methyl sites for hydroxylation is 1. The first-order valence-electron chi connectivity index (χ1n) is 6.02. The Hall–Kier alpha value is -2.56. The van der Waals surface area contributed by atoms with Crippen LogP contribution in [0.5, 0.6) is 5.75 Å². The molecule has 0 atom stereocenters. The van der Waals surface area contributed by atoms with Crippen molar-refractivity contribution in [2.75, 3.05) is 5.73 Å². The summed E-state index contributed by atoms with van der Waals surface area (Å²) in [6.45, 7) is 2.36. The number of aromatic nitrogens is 3. The molecule has 5 heteroatoms. The summed E-state index contributed by atoms with van der Waals surface area (Å²) >= 11 is 0. The molecule has 0 aliphatic rings. The van der Waals surface area contributed by atoms with E-state index in [1.165, 1.54) is 0 Å². The second-order valence-corrected chi connectivity index (χ2v) is 4.37. The maximum Gasteiger partial charge on any atom is 0.177 e. The fourth-order valence-corrected chi connectivity index (χ4v) is 1.97. The fourth-order valence-electron chi connectivity index (χ4n) is 1.97. The van der Waals surface area contributed by atoms with Crippen LogP contribution < -0.4 is 10.5 Å². The summed E-state index contributed by atoms with van der Waals surface area (Å²) < 4.78 is 7.50. The molecule has 0 saturated heterocycles. The van der Waals surface area contributed by atoms with Gasteiger partial charge in [-0.1, -0.05) is 18.2 Å². The molecule has 0 amide bonds. The molecule has 0 bridgehead atoms. The Bertz CT molecular complexity index is 720. The molecule has 2 heterocycles. The summed E-state index contributed by atoms with van der Waals surface area (Å²) in [4.78, 5) is 0. The zero-order chi connectivity index (χ0) is 13.2. The van der Waals surface area contributed by atoms with Crippen LogP contribution in [0.15, 0.2) is 42.5 Å². The van der Waals surface area contributed by atoms with Crippen molar-refractivity contribution >= 4 is 11.5 Å². The van der Waals surface area contributed by atoms with Crippen molar-refractivity contribution in [2.24, 2.45) is 0 Å². The monoisotopic (exact) mass is 254 g/mol. The number of nitrogens with zero attached hydrogens (tertiary/aromatic N) is 3. The lowest BCUT2D eigenvalue weighted by Gasteiger charge is -2.06. The van der Waals surface area contributed by atoms with E-state index in [1.807, 2.05) is 49.4 Å². The highest BCUT2D eigenvalue weighted by Gasteiger charge is 2.08. The average molecular weight is 254 g/mol. The second-order valence-electron chi connectivity index (χ2n) is 4.37. The minimum Gasteiger partial charge on any atom is -0.486 e. The van der Waals surface area contributed by atoms with E-state index in [-0.39, 0.29) is 0 Å². The van der Waals surface area contributed by atoms with Gasteiger partial charge in [0.2, 0.25) is 0 Å². The van der Waals surface area contributed by atoms with Crippen LogP contribution in [0.1, 0.15) is 11.4 Å². The number of nitrogen functional groups attached to an aromatic ring is 1. The van der Waals surface area contributed by atoms with E-state index in [2.05, 4.69) is 10.2 Å². The Labute approximate surface area is 110 Å². The standard InChI is InChI=1S/C14H14N4O/c1-10-4-2-5-11(8-10)19-9-14-17-16-13-7-3-6-12(15)18(13)14/h2-8H,9,15H2,1H3. The van der Waals surface area contributed by atoms with Gasteiger partial charge in [0.05, 0.1) is 0 Å². The first kappa shape index (κ1) is 11.5. The molecule has 19 heavy (non-hydrogen) atoms. The van der Waals surface area contributed by atoms with Crippen LogP contribution in [-0.4, -0.2) is 14.6 Å². The van der Waals surface area contributed by atoms with Gasteiger partial charge < -0.3 is 10.5 Å². The third-order valence-corrected chi connectivity index (χ3v) is 2.88. The van der Waals surface area contributed by atoms with Crippen molar-refractivity contribution in [1.29, 1.82) is 0 Å². The maximum atomic E-state index is 5.92. The van der Waals surface area contributed by atoms with Crippen LogP contribution in [-0.2, 0) is 6.61 Å². The van der Waals surface area contributed by atoms with E-state index in [0.29, 0.717) is 18.2 Å². The molecule has 3 rings (SSSR count). The van der Waals surface area contributed by atoms with Crippen molar-refractivity contribution < 1.29 is 4.74 Å². The highest BCUT2D eigenvalue weighted by atomic mass is 16.5. The van der Waals surface area contributed by atoms with Gasteiger partial charge in [-0.2, -0.15) is 0 Å². The number of hydrogen-bond donors (Lipinski definition) is 1. The normalized spacial score (nSPS) is 10.8. The predicted molar refractivity (Wildman–Crippen MR) is 72.9 cm³/mol. The molecule has 2 N–H and O–H groups in total. The molecule has 0 spiro atoms. The second kappa shape index (κ2) is 4.61. The van der Waals surface area contributed by atoms with E-state index in [1.54, 1.807) is 4.40 Å². The summed E-state index contributed by atoms with van der Waals surface area (Å²) in [7, 11) is 0. The lowest BCUT2D eigenvalue weighted by atomic mass is 10.2. The van der Waals surface area contributed by atoms with Crippen molar-refractivity contribution in [3.8, 4) is 5.75 Å². The number of nitrogens with two attached hydrogens (primary N) is 1. The third kappa shape index (κ3) is 2.22. The molecule has 0 saturated carbocycles. The predicted octanol–water partition coefficient (Wildman–Crippen LogP) is 2.20. The minimum absolute atomic E-state index is 0.332. The molecule has 0 radical (unpaired) electrons. The molecule has 3 aromatic rings. The van der Waals surface area contributed by atoms with Crippen LogP contribution in [0.3, 0.4) is 0 Å². The Morgan fingerprint density at radius 1 is 1.16 bits per heavy atom. The van der Waals surface area contributed by atoms with E-state index in [0.717, 1.165) is 17.0 Å². The Balaban J connectivity index is 1.86. The number of rotatable bonds is 3. The highest BCUT2D eigenvalue weighted by molar-refractivity contribution is 5.47. The van der Waals surface area contributed by atoms with Crippen molar-refractivity contribution in [3.63, 3.8) is 0 Å². The molecule has 0 unspecified atom stereocenters. The van der Waals surface area contributed by atoms with Crippen molar-refractivity contribution in [3.05, 3.63) is 53.9 Å². The summed E-state index contributed by atoms with van der Waals surface area (Å²) in [5.74, 6) is 2.10. The Morgan fingerprint density at radius 2 is 2.00 bits per heavy atom. The number of anilines is 1. The van der Waals surface area contributed by atoms with Crippen molar-refractivity contribution in [1.82, 2.24) is 14.6 Å². The van der Waals surface area contributed by atoms with Gasteiger partial charge in [0.25, 0.3) is 0 Å². The first-order valence-corrected chi connectivity index (χ1v) is 6.02. The van der Waals surface area contributed by atoms with E-state index in [4.69, 9.17) is 10.5 Å². The van der Waals surface area contributed by atoms with Gasteiger partial charge in [-0.15, -0.1) is 10.2 Å². The molecule has 0 aliphatic carbocycles.